The molecule has 0 aliphatic heterocycles. The van der Waals surface area contributed by atoms with Crippen LogP contribution in [0.5, 0.6) is 0 Å². The second kappa shape index (κ2) is 31.1. The van der Waals surface area contributed by atoms with E-state index in [4.69, 9.17) is 11.6 Å². The highest BCUT2D eigenvalue weighted by atomic mass is 35.5. The smallest absolute Gasteiger partial charge is 0.142 e. The molecule has 0 rings (SSSR count). The summed E-state index contributed by atoms with van der Waals surface area (Å²) in [4.78, 5) is 0. The molecule has 1 nitrogen and oxygen atoms in total. The first-order valence-corrected chi connectivity index (χ1v) is 1.55. The number of alkyl halides is 1. The zero-order valence-corrected chi connectivity index (χ0v) is 3.38. The van der Waals surface area contributed by atoms with Gasteiger partial charge in [-0.2, -0.15) is 0 Å². The highest BCUT2D eigenvalue weighted by Crippen LogP contribution is 1.78. The van der Waals surface area contributed by atoms with Crippen LogP contribution in [0.1, 0.15) is 22.3 Å². The maximum atomic E-state index is 4.83. The lowest BCUT2D eigenvalue weighted by molar-refractivity contribution is 0.433. The molecule has 3 heteroatoms. The van der Waals surface area contributed by atoms with Crippen molar-refractivity contribution in [3.8, 4) is 0 Å². The Morgan fingerprint density at radius 2 is 1.29 bits per heavy atom. The molecule has 0 heterocycles. The van der Waals surface area contributed by atoms with Gasteiger partial charge in [-0.1, -0.05) is 33.9 Å². The Balaban J connectivity index is -0.0000000150. The molecule has 0 aliphatic carbocycles. The zero-order valence-electron chi connectivity index (χ0n) is 1.87. The third kappa shape index (κ3) is 56.8. The van der Waals surface area contributed by atoms with E-state index in [2.05, 4.69) is 16.2 Å². The lowest BCUT2D eigenvalue weighted by Crippen LogP contribution is -1.58. The Morgan fingerprint density at radius 1 is 1.14 bits per heavy atom. The van der Waals surface area contributed by atoms with Gasteiger partial charge in [0.2, 0.25) is 0 Å². The van der Waals surface area contributed by atoms with Gasteiger partial charge in [-0.15, -0.1) is 0 Å². The minimum atomic E-state index is 0. The van der Waals surface area contributed by atoms with Crippen LogP contribution in [0.25, 0.3) is 0 Å². The SMILES string of the molecule is C.C.C.ClCOCl. The van der Waals surface area contributed by atoms with E-state index in [9.17, 15) is 0 Å². The fourth-order valence-corrected chi connectivity index (χ4v) is 0. The van der Waals surface area contributed by atoms with Crippen molar-refractivity contribution in [3.05, 3.63) is 0 Å². The summed E-state index contributed by atoms with van der Waals surface area (Å²) in [5.74, 6) is 0. The largest absolute Gasteiger partial charge is 0.263 e. The Hall–Kier alpha value is 0.540. The first kappa shape index (κ1) is 25.7. The molecular weight excluding hydrogens is 135 g/mol. The molecule has 0 unspecified atom stereocenters. The Bertz CT molecular complexity index is 11.7. The molecular formula is C4H14Cl2O. The Morgan fingerprint density at radius 3 is 1.29 bits per heavy atom. The molecule has 0 atom stereocenters. The van der Waals surface area contributed by atoms with Crippen LogP contribution in [0.15, 0.2) is 0 Å². The molecule has 0 saturated carbocycles. The molecule has 0 fully saturated rings. The van der Waals surface area contributed by atoms with Gasteiger partial charge in [0.1, 0.15) is 6.07 Å². The molecule has 0 spiro atoms. The standard InChI is InChI=1S/CH2Cl2O.3CH4/c2-1-4-3;;;/h1H2;3*1H4. The highest BCUT2D eigenvalue weighted by Gasteiger charge is 1.58. The van der Waals surface area contributed by atoms with Crippen molar-refractivity contribution in [1.29, 1.82) is 0 Å². The lowest BCUT2D eigenvalue weighted by atomic mass is 11.7. The summed E-state index contributed by atoms with van der Waals surface area (Å²) >= 11 is 9.39. The van der Waals surface area contributed by atoms with Crippen molar-refractivity contribution in [1.82, 2.24) is 0 Å². The van der Waals surface area contributed by atoms with Gasteiger partial charge in [-0.05, 0) is 0 Å². The van der Waals surface area contributed by atoms with E-state index in [1.807, 2.05) is 0 Å². The summed E-state index contributed by atoms with van der Waals surface area (Å²) < 4.78 is 3.78. The van der Waals surface area contributed by atoms with Crippen LogP contribution in [-0.4, -0.2) is 6.07 Å². The van der Waals surface area contributed by atoms with Gasteiger partial charge >= 0.3 is 0 Å². The maximum Gasteiger partial charge on any atom is 0.142 e. The minimum Gasteiger partial charge on any atom is -0.263 e. The number of hydrogen-bond acceptors (Lipinski definition) is 1. The first-order chi connectivity index (χ1) is 1.91. The van der Waals surface area contributed by atoms with Gasteiger partial charge in [-0.25, -0.2) is 0 Å². The highest BCUT2D eigenvalue weighted by molar-refractivity contribution is 6.19. The maximum absolute atomic E-state index is 4.83. The van der Waals surface area contributed by atoms with Crippen molar-refractivity contribution in [2.24, 2.45) is 0 Å². The lowest BCUT2D eigenvalue weighted by Gasteiger charge is -1.68. The van der Waals surface area contributed by atoms with E-state index in [-0.39, 0.29) is 28.3 Å². The van der Waals surface area contributed by atoms with Crippen LogP contribution in [0, 0.1) is 0 Å². The predicted octanol–water partition coefficient (Wildman–Crippen LogP) is 3.26. The van der Waals surface area contributed by atoms with Crippen molar-refractivity contribution in [3.63, 3.8) is 0 Å². The summed E-state index contributed by atoms with van der Waals surface area (Å²) in [7, 11) is 0. The fraction of sp³-hybridized carbons (Fsp3) is 1.00. The van der Waals surface area contributed by atoms with Gasteiger partial charge in [0.05, 0.1) is 11.9 Å². The van der Waals surface area contributed by atoms with E-state index < -0.39 is 0 Å². The van der Waals surface area contributed by atoms with Crippen molar-refractivity contribution >= 4 is 23.5 Å². The molecule has 0 aromatic rings. The molecule has 0 aromatic carbocycles. The zero-order chi connectivity index (χ0) is 3.41. The Kier molecular flexibility index (Phi) is 114. The summed E-state index contributed by atoms with van der Waals surface area (Å²) in [6, 6.07) is 0.0571. The second-order valence-corrected chi connectivity index (χ2v) is 0.655. The van der Waals surface area contributed by atoms with E-state index in [1.54, 1.807) is 0 Å². The van der Waals surface area contributed by atoms with E-state index in [0.717, 1.165) is 0 Å². The molecule has 7 heavy (non-hydrogen) atoms. The molecule has 0 radical (unpaired) electrons. The number of hydrogen-bond donors (Lipinski definition) is 0. The van der Waals surface area contributed by atoms with Gasteiger partial charge in [-0.3, -0.25) is 4.29 Å². The fourth-order valence-electron chi connectivity index (χ4n) is 0. The van der Waals surface area contributed by atoms with Crippen LogP contribution in [0.4, 0.5) is 0 Å². The third-order valence-electron chi connectivity index (χ3n) is 0.0412. The van der Waals surface area contributed by atoms with E-state index in [1.165, 1.54) is 0 Å². The predicted molar refractivity (Wildman–Crippen MR) is 37.9 cm³/mol. The molecule has 0 amide bonds. The molecule has 0 aromatic heterocycles. The van der Waals surface area contributed by atoms with Gasteiger partial charge in [0.15, 0.2) is 0 Å². The number of halogens is 2. The average Bonchev–Trinajstić information content (AvgIpc) is 1.37. The first-order valence-electron chi connectivity index (χ1n) is 0.710. The topological polar surface area (TPSA) is 9.23 Å². The molecule has 0 saturated heterocycles. The normalized spacial score (nSPS) is 4.29. The minimum absolute atomic E-state index is 0. The van der Waals surface area contributed by atoms with Gasteiger partial charge in [0.25, 0.3) is 0 Å². The Labute approximate surface area is 56.7 Å². The average molecular weight is 149 g/mol. The van der Waals surface area contributed by atoms with Crippen LogP contribution in [0.2, 0.25) is 0 Å². The summed E-state index contributed by atoms with van der Waals surface area (Å²) in [6.45, 7) is 0. The second-order valence-electron chi connectivity index (χ2n) is 0.218. The third-order valence-corrected chi connectivity index (χ3v) is 0.371. The summed E-state index contributed by atoms with van der Waals surface area (Å²) in [5, 5.41) is 0. The molecule has 0 N–H and O–H groups in total. The van der Waals surface area contributed by atoms with Crippen molar-refractivity contribution in [2.45, 2.75) is 22.3 Å². The van der Waals surface area contributed by atoms with Crippen molar-refractivity contribution in [2.75, 3.05) is 6.07 Å². The molecule has 50 valence electrons. The van der Waals surface area contributed by atoms with Gasteiger partial charge < -0.3 is 0 Å². The summed E-state index contributed by atoms with van der Waals surface area (Å²) in [6.07, 6.45) is 0. The van der Waals surface area contributed by atoms with Crippen molar-refractivity contribution < 1.29 is 4.29 Å². The summed E-state index contributed by atoms with van der Waals surface area (Å²) in [5.41, 5.74) is 0. The quantitative estimate of drug-likeness (QED) is 0.520. The van der Waals surface area contributed by atoms with Crippen LogP contribution in [0.3, 0.4) is 0 Å². The van der Waals surface area contributed by atoms with Crippen LogP contribution < -0.4 is 0 Å². The van der Waals surface area contributed by atoms with E-state index >= 15 is 0 Å². The van der Waals surface area contributed by atoms with Crippen LogP contribution in [-0.2, 0) is 4.29 Å². The molecule has 0 bridgehead atoms. The van der Waals surface area contributed by atoms with Gasteiger partial charge in [0, 0.05) is 0 Å². The monoisotopic (exact) mass is 148 g/mol. The number of rotatable bonds is 1. The molecule has 0 aliphatic rings. The van der Waals surface area contributed by atoms with Crippen LogP contribution >= 0.6 is 23.5 Å². The van der Waals surface area contributed by atoms with E-state index in [0.29, 0.717) is 0 Å².